The lowest BCUT2D eigenvalue weighted by atomic mass is 9.90. The number of amides is 1. The van der Waals surface area contributed by atoms with E-state index in [1.807, 2.05) is 0 Å². The molecule has 10 nitrogen and oxygen atoms in total. The molecule has 1 aliphatic carbocycles. The van der Waals surface area contributed by atoms with Gasteiger partial charge in [0.25, 0.3) is 0 Å². The zero-order valence-corrected chi connectivity index (χ0v) is 23.2. The van der Waals surface area contributed by atoms with E-state index < -0.39 is 46.3 Å². The second-order valence-electron chi connectivity index (χ2n) is 9.43. The minimum absolute atomic E-state index is 0.170. The summed E-state index contributed by atoms with van der Waals surface area (Å²) in [7, 11) is 1.38. The van der Waals surface area contributed by atoms with Crippen molar-refractivity contribution in [1.29, 1.82) is 0 Å². The summed E-state index contributed by atoms with van der Waals surface area (Å²) in [6, 6.07) is -0.177. The molecule has 4 rings (SSSR count). The Morgan fingerprint density at radius 3 is 2.21 bits per heavy atom. The van der Waals surface area contributed by atoms with Gasteiger partial charge in [0.05, 0.1) is 12.2 Å². The highest BCUT2D eigenvalue weighted by Gasteiger charge is 2.40. The molecule has 2 heterocycles. The number of halogens is 8. The molecular weight excluding hydrogens is 621 g/mol. The van der Waals surface area contributed by atoms with E-state index in [1.54, 1.807) is 0 Å². The molecule has 1 aromatic carbocycles. The van der Waals surface area contributed by atoms with Crippen molar-refractivity contribution in [3.8, 4) is 11.5 Å². The van der Waals surface area contributed by atoms with Gasteiger partial charge in [-0.3, -0.25) is 4.79 Å². The quantitative estimate of drug-likeness (QED) is 0.272. The number of benzene rings is 1. The maximum absolute atomic E-state index is 13.0. The Balaban J connectivity index is 1.67. The lowest BCUT2D eigenvalue weighted by Crippen LogP contribution is -2.51. The van der Waals surface area contributed by atoms with Crippen LogP contribution in [-0.4, -0.2) is 59.2 Å². The van der Waals surface area contributed by atoms with Crippen LogP contribution in [0.3, 0.4) is 0 Å². The predicted octanol–water partition coefficient (Wildman–Crippen LogP) is 5.34. The van der Waals surface area contributed by atoms with Crippen LogP contribution in [0.15, 0.2) is 24.9 Å². The largest absolute Gasteiger partial charge is 0.573 e. The number of hydrogen-bond donors (Lipinski definition) is 3. The van der Waals surface area contributed by atoms with Crippen molar-refractivity contribution in [2.45, 2.75) is 63.4 Å². The molecule has 42 heavy (non-hydrogen) atoms. The Hall–Kier alpha value is -3.37. The first-order valence-corrected chi connectivity index (χ1v) is 13.1. The first-order chi connectivity index (χ1) is 19.6. The second kappa shape index (κ2) is 12.1. The highest BCUT2D eigenvalue weighted by molar-refractivity contribution is 6.41. The average molecular weight is 645 g/mol. The minimum atomic E-state index is -5.32. The number of carbonyl (C=O) groups is 1. The SMILES string of the molecule is C=CC(=O)NC1CCCCC1Nc1ncc2c(n1)N(C)C(O)N(c1c(Cl)c(OC(F)(F)F)cc(OC(F)(F)F)c1Cl)C2. The van der Waals surface area contributed by atoms with Crippen LogP contribution in [0, 0.1) is 0 Å². The van der Waals surface area contributed by atoms with E-state index >= 15 is 0 Å². The summed E-state index contributed by atoms with van der Waals surface area (Å²) in [6.07, 6.45) is -6.59. The summed E-state index contributed by atoms with van der Waals surface area (Å²) in [4.78, 5) is 22.7. The molecule has 1 amide bonds. The monoisotopic (exact) mass is 644 g/mol. The van der Waals surface area contributed by atoms with Gasteiger partial charge in [-0.1, -0.05) is 42.6 Å². The highest BCUT2D eigenvalue weighted by atomic mass is 35.5. The molecule has 2 aliphatic rings. The number of aromatic nitrogens is 2. The maximum atomic E-state index is 13.0. The van der Waals surface area contributed by atoms with E-state index in [0.717, 1.165) is 17.7 Å². The molecule has 0 radical (unpaired) electrons. The second-order valence-corrected chi connectivity index (χ2v) is 10.2. The van der Waals surface area contributed by atoms with E-state index in [1.165, 1.54) is 24.2 Å². The van der Waals surface area contributed by atoms with Gasteiger partial charge in [-0.2, -0.15) is 4.98 Å². The smallest absolute Gasteiger partial charge is 0.404 e. The van der Waals surface area contributed by atoms with Crippen LogP contribution in [0.2, 0.25) is 10.0 Å². The van der Waals surface area contributed by atoms with Gasteiger partial charge in [-0.25, -0.2) is 4.98 Å². The number of aliphatic hydroxyl groups is 1. The summed E-state index contributed by atoms with van der Waals surface area (Å²) in [5, 5.41) is 15.5. The van der Waals surface area contributed by atoms with Crippen LogP contribution < -0.4 is 29.9 Å². The number of ether oxygens (including phenoxy) is 2. The fourth-order valence-corrected chi connectivity index (χ4v) is 5.41. The van der Waals surface area contributed by atoms with E-state index in [-0.39, 0.29) is 42.4 Å². The van der Waals surface area contributed by atoms with Crippen molar-refractivity contribution in [3.05, 3.63) is 40.5 Å². The standard InChI is InChI=1S/C24H24Cl2F6N6O4/c1-3-16(39)34-12-6-4-5-7-13(12)35-21-33-9-11-10-38(22(40)37(2)20(11)36-21)19-17(25)14(41-23(27,28)29)8-15(18(19)26)42-24(30,31)32/h3,8-9,12-13,22,40H,1,4-7,10H2,2H3,(H,34,39)(H,33,35,36). The molecule has 1 aliphatic heterocycles. The first kappa shape index (κ1) is 31.6. The predicted molar refractivity (Wildman–Crippen MR) is 140 cm³/mol. The van der Waals surface area contributed by atoms with E-state index in [0.29, 0.717) is 18.4 Å². The van der Waals surface area contributed by atoms with Crippen LogP contribution in [0.1, 0.15) is 31.2 Å². The topological polar surface area (TPSA) is 112 Å². The zero-order chi connectivity index (χ0) is 31.0. The van der Waals surface area contributed by atoms with Crippen LogP contribution in [-0.2, 0) is 11.3 Å². The van der Waals surface area contributed by atoms with Gasteiger partial charge in [0, 0.05) is 37.0 Å². The highest BCUT2D eigenvalue weighted by Crippen LogP contribution is 2.50. The summed E-state index contributed by atoms with van der Waals surface area (Å²) >= 11 is 12.3. The average Bonchev–Trinajstić information content (AvgIpc) is 2.89. The van der Waals surface area contributed by atoms with Crippen LogP contribution in [0.4, 0.5) is 43.8 Å². The number of aliphatic hydroxyl groups excluding tert-OH is 1. The van der Waals surface area contributed by atoms with Gasteiger partial charge >= 0.3 is 12.7 Å². The summed E-state index contributed by atoms with van der Waals surface area (Å²) in [5.41, 5.74) is -0.296. The fraction of sp³-hybridized carbons (Fsp3) is 0.458. The molecule has 0 bridgehead atoms. The molecule has 0 saturated heterocycles. The molecule has 230 valence electrons. The van der Waals surface area contributed by atoms with Gasteiger partial charge in [-0.15, -0.1) is 26.3 Å². The van der Waals surface area contributed by atoms with Crippen LogP contribution in [0.25, 0.3) is 0 Å². The molecule has 1 aromatic heterocycles. The van der Waals surface area contributed by atoms with Crippen molar-refractivity contribution < 1.29 is 45.7 Å². The lowest BCUT2D eigenvalue weighted by Gasteiger charge is -2.42. The molecule has 3 unspecified atom stereocenters. The molecule has 1 saturated carbocycles. The number of anilines is 3. The van der Waals surface area contributed by atoms with Crippen molar-refractivity contribution in [3.63, 3.8) is 0 Å². The molecule has 3 atom stereocenters. The maximum Gasteiger partial charge on any atom is 0.573 e. The third-order valence-corrected chi connectivity index (χ3v) is 7.31. The molecule has 0 spiro atoms. The first-order valence-electron chi connectivity index (χ1n) is 12.3. The lowest BCUT2D eigenvalue weighted by molar-refractivity contribution is -0.276. The molecule has 1 fully saturated rings. The van der Waals surface area contributed by atoms with Gasteiger partial charge in [0.2, 0.25) is 18.2 Å². The van der Waals surface area contributed by atoms with Gasteiger partial charge < -0.3 is 35.0 Å². The third-order valence-electron chi connectivity index (χ3n) is 6.58. The third kappa shape index (κ3) is 7.15. The Morgan fingerprint density at radius 2 is 1.67 bits per heavy atom. The number of alkyl halides is 6. The fourth-order valence-electron chi connectivity index (χ4n) is 4.77. The number of nitrogens with zero attached hydrogens (tertiary/aromatic N) is 4. The van der Waals surface area contributed by atoms with Gasteiger partial charge in [-0.05, 0) is 18.9 Å². The van der Waals surface area contributed by atoms with Gasteiger partial charge in [0.1, 0.15) is 15.9 Å². The zero-order valence-electron chi connectivity index (χ0n) is 21.7. The Kier molecular flexibility index (Phi) is 9.08. The van der Waals surface area contributed by atoms with Crippen LogP contribution >= 0.6 is 23.2 Å². The molecule has 18 heteroatoms. The number of fused-ring (bicyclic) bond motifs is 1. The van der Waals surface area contributed by atoms with Crippen molar-refractivity contribution in [2.24, 2.45) is 0 Å². The van der Waals surface area contributed by atoms with E-state index in [2.05, 4.69) is 36.7 Å². The number of rotatable bonds is 7. The number of nitrogens with one attached hydrogen (secondary N) is 2. The normalized spacial score (nSPS) is 21.0. The molecule has 3 N–H and O–H groups in total. The summed E-state index contributed by atoms with van der Waals surface area (Å²) < 4.78 is 85.7. The molecule has 2 aromatic rings. The Morgan fingerprint density at radius 1 is 1.10 bits per heavy atom. The summed E-state index contributed by atoms with van der Waals surface area (Å²) in [5.74, 6) is -2.41. The Bertz CT molecular complexity index is 1310. The van der Waals surface area contributed by atoms with E-state index in [4.69, 9.17) is 23.2 Å². The van der Waals surface area contributed by atoms with Crippen LogP contribution in [0.5, 0.6) is 11.5 Å². The Labute approximate surface area is 245 Å². The van der Waals surface area contributed by atoms with E-state index in [9.17, 15) is 36.2 Å². The molecular formula is C24H24Cl2F6N6O4. The van der Waals surface area contributed by atoms with Crippen molar-refractivity contribution in [1.82, 2.24) is 15.3 Å². The number of hydrogen-bond acceptors (Lipinski definition) is 9. The van der Waals surface area contributed by atoms with Crippen molar-refractivity contribution >= 4 is 46.6 Å². The summed E-state index contributed by atoms with van der Waals surface area (Å²) in [6.45, 7) is 3.13. The number of carbonyl (C=O) groups excluding carboxylic acids is 1. The van der Waals surface area contributed by atoms with Gasteiger partial charge in [0.15, 0.2) is 11.5 Å². The minimum Gasteiger partial charge on any atom is -0.404 e. The van der Waals surface area contributed by atoms with Crippen molar-refractivity contribution in [2.75, 3.05) is 22.2 Å².